The summed E-state index contributed by atoms with van der Waals surface area (Å²) >= 11 is 0. The monoisotopic (exact) mass is 302 g/mol. The summed E-state index contributed by atoms with van der Waals surface area (Å²) in [6, 6.07) is 18.8. The van der Waals surface area contributed by atoms with E-state index in [9.17, 15) is 9.67 Å². The fourth-order valence-electron chi connectivity index (χ4n) is 2.96. The van der Waals surface area contributed by atoms with E-state index in [1.165, 1.54) is 0 Å². The first-order valence-corrected chi connectivity index (χ1v) is 8.78. The Balaban J connectivity index is 2.16. The van der Waals surface area contributed by atoms with Gasteiger partial charge < -0.3 is 14.4 Å². The standard InChI is InChI=1S/C17H19O3P/c1-13(18)16-17(2,20-16)21(19,14-9-5-3-6-10-14)15-11-7-4-8-12-15/h3-13,16,18H,1-2H3/t13-,16+,17+/m0/s1. The zero-order valence-electron chi connectivity index (χ0n) is 12.1. The highest BCUT2D eigenvalue weighted by Gasteiger charge is 2.66. The van der Waals surface area contributed by atoms with Crippen LogP contribution in [-0.4, -0.2) is 22.7 Å². The first kappa shape index (κ1) is 14.5. The third kappa shape index (κ3) is 2.17. The van der Waals surface area contributed by atoms with Crippen LogP contribution in [0.3, 0.4) is 0 Å². The van der Waals surface area contributed by atoms with E-state index in [1.54, 1.807) is 6.92 Å². The van der Waals surface area contributed by atoms with E-state index < -0.39 is 24.7 Å². The number of epoxide rings is 1. The average Bonchev–Trinajstić information content (AvgIpc) is 3.22. The number of hydrogen-bond acceptors (Lipinski definition) is 3. The number of ether oxygens (including phenoxy) is 1. The highest BCUT2D eigenvalue weighted by atomic mass is 31.2. The van der Waals surface area contributed by atoms with Gasteiger partial charge in [-0.2, -0.15) is 0 Å². The molecular weight excluding hydrogens is 283 g/mol. The predicted octanol–water partition coefficient (Wildman–Crippen LogP) is 2.50. The van der Waals surface area contributed by atoms with Crippen LogP contribution in [0.5, 0.6) is 0 Å². The van der Waals surface area contributed by atoms with Crippen LogP contribution in [0.25, 0.3) is 0 Å². The molecular formula is C17H19O3P. The molecule has 3 rings (SSSR count). The maximum Gasteiger partial charge on any atom is 0.175 e. The molecule has 0 spiro atoms. The van der Waals surface area contributed by atoms with Crippen LogP contribution in [0.4, 0.5) is 0 Å². The molecule has 1 aliphatic heterocycles. The molecule has 21 heavy (non-hydrogen) atoms. The van der Waals surface area contributed by atoms with E-state index >= 15 is 0 Å². The van der Waals surface area contributed by atoms with Gasteiger partial charge in [0.05, 0.1) is 6.10 Å². The van der Waals surface area contributed by atoms with Gasteiger partial charge >= 0.3 is 0 Å². The molecule has 2 aromatic rings. The molecule has 110 valence electrons. The lowest BCUT2D eigenvalue weighted by Crippen LogP contribution is -2.30. The minimum atomic E-state index is -2.99. The molecule has 1 fully saturated rings. The van der Waals surface area contributed by atoms with Gasteiger partial charge in [0, 0.05) is 10.6 Å². The summed E-state index contributed by atoms with van der Waals surface area (Å²) in [5.74, 6) is 0. The second-order valence-electron chi connectivity index (χ2n) is 5.61. The summed E-state index contributed by atoms with van der Waals surface area (Å²) in [6.07, 6.45) is -1.04. The van der Waals surface area contributed by atoms with Gasteiger partial charge in [0.15, 0.2) is 12.5 Å². The van der Waals surface area contributed by atoms with Gasteiger partial charge in [-0.1, -0.05) is 60.7 Å². The van der Waals surface area contributed by atoms with Crippen molar-refractivity contribution in [1.82, 2.24) is 0 Å². The van der Waals surface area contributed by atoms with E-state index in [0.29, 0.717) is 0 Å². The summed E-state index contributed by atoms with van der Waals surface area (Å²) in [5, 5.41) is 10.5. The molecule has 0 unspecified atom stereocenters. The van der Waals surface area contributed by atoms with Crippen molar-refractivity contribution >= 4 is 17.8 Å². The van der Waals surface area contributed by atoms with Gasteiger partial charge in [-0.05, 0) is 13.8 Å². The number of aliphatic hydroxyl groups is 1. The Bertz CT molecular complexity index is 625. The number of aliphatic hydroxyl groups excluding tert-OH is 1. The van der Waals surface area contributed by atoms with Gasteiger partial charge in [0.1, 0.15) is 6.10 Å². The van der Waals surface area contributed by atoms with E-state index in [4.69, 9.17) is 4.74 Å². The molecule has 0 aliphatic carbocycles. The van der Waals surface area contributed by atoms with Crippen molar-refractivity contribution in [3.8, 4) is 0 Å². The van der Waals surface area contributed by atoms with Crippen molar-refractivity contribution in [3.63, 3.8) is 0 Å². The lowest BCUT2D eigenvalue weighted by molar-refractivity contribution is 0.152. The fraction of sp³-hybridized carbons (Fsp3) is 0.294. The van der Waals surface area contributed by atoms with Crippen LogP contribution in [0.2, 0.25) is 0 Å². The first-order chi connectivity index (χ1) is 10.00. The maximum absolute atomic E-state index is 14.0. The predicted molar refractivity (Wildman–Crippen MR) is 84.7 cm³/mol. The second-order valence-corrected chi connectivity index (χ2v) is 8.75. The number of hydrogen-bond donors (Lipinski definition) is 1. The fourth-order valence-corrected chi connectivity index (χ4v) is 6.30. The molecule has 4 heteroatoms. The van der Waals surface area contributed by atoms with Crippen LogP contribution in [0.15, 0.2) is 60.7 Å². The zero-order valence-corrected chi connectivity index (χ0v) is 13.0. The van der Waals surface area contributed by atoms with E-state index in [2.05, 4.69) is 0 Å². The highest BCUT2D eigenvalue weighted by Crippen LogP contribution is 2.67. The topological polar surface area (TPSA) is 49.8 Å². The molecule has 1 saturated heterocycles. The zero-order chi connectivity index (χ0) is 15.1. The average molecular weight is 302 g/mol. The molecule has 1 N–H and O–H groups in total. The van der Waals surface area contributed by atoms with Crippen molar-refractivity contribution in [1.29, 1.82) is 0 Å². The minimum absolute atomic E-state index is 0.399. The van der Waals surface area contributed by atoms with Gasteiger partial charge in [-0.15, -0.1) is 0 Å². The Kier molecular flexibility index (Phi) is 3.53. The molecule has 0 radical (unpaired) electrons. The van der Waals surface area contributed by atoms with Gasteiger partial charge in [-0.3, -0.25) is 0 Å². The summed E-state index contributed by atoms with van der Waals surface area (Å²) in [4.78, 5) is 0. The smallest absolute Gasteiger partial charge is 0.175 e. The number of benzene rings is 2. The second kappa shape index (κ2) is 5.10. The van der Waals surface area contributed by atoms with Crippen LogP contribution in [0.1, 0.15) is 13.8 Å². The number of rotatable bonds is 4. The Labute approximate surface area is 125 Å². The van der Waals surface area contributed by atoms with Gasteiger partial charge in [0.2, 0.25) is 0 Å². The quantitative estimate of drug-likeness (QED) is 0.697. The van der Waals surface area contributed by atoms with Crippen LogP contribution in [-0.2, 0) is 9.30 Å². The van der Waals surface area contributed by atoms with E-state index in [0.717, 1.165) is 10.6 Å². The third-order valence-corrected chi connectivity index (χ3v) is 7.80. The molecule has 0 bridgehead atoms. The van der Waals surface area contributed by atoms with Gasteiger partial charge in [0.25, 0.3) is 0 Å². The van der Waals surface area contributed by atoms with Crippen molar-refractivity contribution < 1.29 is 14.4 Å². The van der Waals surface area contributed by atoms with Crippen LogP contribution in [0, 0.1) is 0 Å². The molecule has 2 aromatic carbocycles. The Morgan fingerprint density at radius 3 is 1.81 bits per heavy atom. The highest BCUT2D eigenvalue weighted by molar-refractivity contribution is 7.80. The lowest BCUT2D eigenvalue weighted by Gasteiger charge is -2.24. The Morgan fingerprint density at radius 2 is 1.48 bits per heavy atom. The van der Waals surface area contributed by atoms with E-state index in [-0.39, 0.29) is 0 Å². The molecule has 1 heterocycles. The molecule has 0 saturated carbocycles. The molecule has 0 aromatic heterocycles. The minimum Gasteiger partial charge on any atom is -0.391 e. The normalized spacial score (nSPS) is 26.3. The van der Waals surface area contributed by atoms with Crippen LogP contribution < -0.4 is 10.6 Å². The molecule has 1 aliphatic rings. The Hall–Kier alpha value is -1.41. The lowest BCUT2D eigenvalue weighted by atomic mass is 10.2. The van der Waals surface area contributed by atoms with Crippen molar-refractivity contribution in [2.75, 3.05) is 0 Å². The Morgan fingerprint density at radius 1 is 1.05 bits per heavy atom. The van der Waals surface area contributed by atoms with Crippen molar-refractivity contribution in [2.24, 2.45) is 0 Å². The molecule has 3 nitrogen and oxygen atoms in total. The van der Waals surface area contributed by atoms with Crippen molar-refractivity contribution in [3.05, 3.63) is 60.7 Å². The maximum atomic E-state index is 14.0. The summed E-state index contributed by atoms with van der Waals surface area (Å²) in [6.45, 7) is 3.52. The summed E-state index contributed by atoms with van der Waals surface area (Å²) in [5.41, 5.74) is 0. The van der Waals surface area contributed by atoms with Gasteiger partial charge in [-0.25, -0.2) is 0 Å². The van der Waals surface area contributed by atoms with Crippen molar-refractivity contribution in [2.45, 2.75) is 31.4 Å². The molecule has 0 amide bonds. The summed E-state index contributed by atoms with van der Waals surface area (Å²) in [7, 11) is -2.99. The van der Waals surface area contributed by atoms with Crippen LogP contribution >= 0.6 is 7.14 Å². The first-order valence-electron chi connectivity index (χ1n) is 7.07. The summed E-state index contributed by atoms with van der Waals surface area (Å²) < 4.78 is 19.7. The largest absolute Gasteiger partial charge is 0.391 e. The molecule has 3 atom stereocenters. The SMILES string of the molecule is C[C@H](O)[C@H]1O[C@]1(C)P(=O)(c1ccccc1)c1ccccc1. The third-order valence-electron chi connectivity index (χ3n) is 4.14. The van der Waals surface area contributed by atoms with E-state index in [1.807, 2.05) is 67.6 Å².